The standard InChI is InChI=1S/C17H13Cl2N3O3/c1-9(16(23)20-14-7-6-10(18)8-12(14)19)25-17(24)15-11-4-2-3-5-13(11)21-22-15/h2-9H,1H3,(H,20,23)(H,21,22)/t9-/m1/s1. The number of H-pyrrole nitrogens is 1. The summed E-state index contributed by atoms with van der Waals surface area (Å²) in [5.74, 6) is -1.21. The van der Waals surface area contributed by atoms with E-state index in [4.69, 9.17) is 27.9 Å². The van der Waals surface area contributed by atoms with Crippen molar-refractivity contribution >= 4 is 51.7 Å². The Balaban J connectivity index is 1.69. The number of nitrogens with zero attached hydrogens (tertiary/aromatic N) is 1. The zero-order valence-electron chi connectivity index (χ0n) is 13.0. The van der Waals surface area contributed by atoms with E-state index in [1.54, 1.807) is 30.3 Å². The van der Waals surface area contributed by atoms with E-state index in [2.05, 4.69) is 15.5 Å². The zero-order chi connectivity index (χ0) is 18.0. The molecule has 0 saturated heterocycles. The molecule has 1 amide bonds. The predicted molar refractivity (Wildman–Crippen MR) is 96.1 cm³/mol. The molecule has 25 heavy (non-hydrogen) atoms. The van der Waals surface area contributed by atoms with Crippen molar-refractivity contribution in [1.29, 1.82) is 0 Å². The number of halogens is 2. The van der Waals surface area contributed by atoms with Gasteiger partial charge in [0.15, 0.2) is 11.8 Å². The van der Waals surface area contributed by atoms with Crippen molar-refractivity contribution in [1.82, 2.24) is 10.2 Å². The Morgan fingerprint density at radius 3 is 2.72 bits per heavy atom. The van der Waals surface area contributed by atoms with E-state index in [1.165, 1.54) is 13.0 Å². The van der Waals surface area contributed by atoms with Crippen molar-refractivity contribution in [2.24, 2.45) is 0 Å². The van der Waals surface area contributed by atoms with Gasteiger partial charge in [0.05, 0.1) is 16.2 Å². The Morgan fingerprint density at radius 1 is 1.20 bits per heavy atom. The van der Waals surface area contributed by atoms with Crippen LogP contribution in [0.1, 0.15) is 17.4 Å². The maximum atomic E-state index is 12.3. The lowest BCUT2D eigenvalue weighted by molar-refractivity contribution is -0.123. The van der Waals surface area contributed by atoms with Gasteiger partial charge in [0, 0.05) is 10.4 Å². The second kappa shape index (κ2) is 7.13. The van der Waals surface area contributed by atoms with Crippen molar-refractivity contribution in [3.63, 3.8) is 0 Å². The van der Waals surface area contributed by atoms with Gasteiger partial charge < -0.3 is 10.1 Å². The minimum absolute atomic E-state index is 0.125. The van der Waals surface area contributed by atoms with E-state index in [0.29, 0.717) is 21.6 Å². The summed E-state index contributed by atoms with van der Waals surface area (Å²) in [4.78, 5) is 24.5. The average Bonchev–Trinajstić information content (AvgIpc) is 3.01. The maximum Gasteiger partial charge on any atom is 0.360 e. The highest BCUT2D eigenvalue weighted by Crippen LogP contribution is 2.25. The van der Waals surface area contributed by atoms with Crippen LogP contribution in [0.15, 0.2) is 42.5 Å². The molecule has 2 N–H and O–H groups in total. The quantitative estimate of drug-likeness (QED) is 0.671. The molecule has 1 atom stereocenters. The molecule has 6 nitrogen and oxygen atoms in total. The molecule has 2 aromatic carbocycles. The van der Waals surface area contributed by atoms with Crippen molar-refractivity contribution in [3.05, 3.63) is 58.2 Å². The third-order valence-corrected chi connectivity index (χ3v) is 4.05. The van der Waals surface area contributed by atoms with Gasteiger partial charge in [-0.2, -0.15) is 5.10 Å². The fraction of sp³-hybridized carbons (Fsp3) is 0.118. The van der Waals surface area contributed by atoms with Crippen LogP contribution in [0.3, 0.4) is 0 Å². The number of aromatic nitrogens is 2. The van der Waals surface area contributed by atoms with Gasteiger partial charge in [-0.25, -0.2) is 4.79 Å². The zero-order valence-corrected chi connectivity index (χ0v) is 14.6. The molecule has 0 bridgehead atoms. The Hall–Kier alpha value is -2.57. The van der Waals surface area contributed by atoms with Gasteiger partial charge in [-0.3, -0.25) is 9.89 Å². The summed E-state index contributed by atoms with van der Waals surface area (Å²) >= 11 is 11.8. The first kappa shape index (κ1) is 17.3. The maximum absolute atomic E-state index is 12.3. The first-order valence-electron chi connectivity index (χ1n) is 7.35. The van der Waals surface area contributed by atoms with Crippen LogP contribution in [0.4, 0.5) is 5.69 Å². The lowest BCUT2D eigenvalue weighted by atomic mass is 10.2. The number of benzene rings is 2. The monoisotopic (exact) mass is 377 g/mol. The van der Waals surface area contributed by atoms with Gasteiger partial charge >= 0.3 is 5.97 Å². The summed E-state index contributed by atoms with van der Waals surface area (Å²) in [6, 6.07) is 11.8. The molecule has 8 heteroatoms. The number of esters is 1. The molecule has 0 spiro atoms. The van der Waals surface area contributed by atoms with E-state index in [9.17, 15) is 9.59 Å². The van der Waals surface area contributed by atoms with Crippen molar-refractivity contribution < 1.29 is 14.3 Å². The summed E-state index contributed by atoms with van der Waals surface area (Å²) in [6.45, 7) is 1.46. The van der Waals surface area contributed by atoms with Crippen LogP contribution in [-0.2, 0) is 9.53 Å². The molecule has 0 unspecified atom stereocenters. The fourth-order valence-corrected chi connectivity index (χ4v) is 2.67. The van der Waals surface area contributed by atoms with E-state index in [1.807, 2.05) is 6.07 Å². The molecule has 3 aromatic rings. The molecular formula is C17H13Cl2N3O3. The first-order chi connectivity index (χ1) is 12.0. The smallest absolute Gasteiger partial charge is 0.360 e. The number of carbonyl (C=O) groups is 2. The highest BCUT2D eigenvalue weighted by Gasteiger charge is 2.22. The lowest BCUT2D eigenvalue weighted by Crippen LogP contribution is -2.30. The van der Waals surface area contributed by atoms with E-state index in [-0.39, 0.29) is 10.7 Å². The highest BCUT2D eigenvalue weighted by molar-refractivity contribution is 6.36. The Bertz CT molecular complexity index is 955. The molecule has 1 aromatic heterocycles. The molecule has 3 rings (SSSR count). The van der Waals surface area contributed by atoms with Crippen LogP contribution in [0.25, 0.3) is 10.9 Å². The number of ether oxygens (including phenoxy) is 1. The van der Waals surface area contributed by atoms with Crippen LogP contribution in [0, 0.1) is 0 Å². The number of aromatic amines is 1. The molecule has 1 heterocycles. The van der Waals surface area contributed by atoms with Gasteiger partial charge in [-0.1, -0.05) is 41.4 Å². The van der Waals surface area contributed by atoms with Crippen LogP contribution in [-0.4, -0.2) is 28.2 Å². The molecule has 0 saturated carbocycles. The number of hydrogen-bond acceptors (Lipinski definition) is 4. The second-order valence-corrected chi connectivity index (χ2v) is 6.12. The number of nitrogens with one attached hydrogen (secondary N) is 2. The van der Waals surface area contributed by atoms with Crippen LogP contribution >= 0.6 is 23.2 Å². The number of para-hydroxylation sites is 1. The number of rotatable bonds is 4. The summed E-state index contributed by atoms with van der Waals surface area (Å²) in [6.07, 6.45) is -1.03. The van der Waals surface area contributed by atoms with E-state index >= 15 is 0 Å². The van der Waals surface area contributed by atoms with Gasteiger partial charge in [0.1, 0.15) is 0 Å². The Kier molecular flexibility index (Phi) is 4.92. The Labute approximate surface area is 153 Å². The SMILES string of the molecule is C[C@@H](OC(=O)c1n[nH]c2ccccc12)C(=O)Nc1ccc(Cl)cc1Cl. The molecular weight excluding hydrogens is 365 g/mol. The summed E-state index contributed by atoms with van der Waals surface area (Å²) < 4.78 is 5.20. The molecule has 0 radical (unpaired) electrons. The molecule has 0 aliphatic rings. The fourth-order valence-electron chi connectivity index (χ4n) is 2.21. The molecule has 128 valence electrons. The topological polar surface area (TPSA) is 84.1 Å². The van der Waals surface area contributed by atoms with Crippen molar-refractivity contribution in [2.75, 3.05) is 5.32 Å². The summed E-state index contributed by atoms with van der Waals surface area (Å²) in [7, 11) is 0. The number of amides is 1. The number of fused-ring (bicyclic) bond motifs is 1. The van der Waals surface area contributed by atoms with Crippen molar-refractivity contribution in [3.8, 4) is 0 Å². The first-order valence-corrected chi connectivity index (χ1v) is 8.11. The molecule has 0 aliphatic heterocycles. The largest absolute Gasteiger partial charge is 0.448 e. The lowest BCUT2D eigenvalue weighted by Gasteiger charge is -2.13. The number of hydrogen-bond donors (Lipinski definition) is 2. The number of carbonyl (C=O) groups excluding carboxylic acids is 2. The Morgan fingerprint density at radius 2 is 1.96 bits per heavy atom. The van der Waals surface area contributed by atoms with Crippen LogP contribution in [0.5, 0.6) is 0 Å². The average molecular weight is 378 g/mol. The van der Waals surface area contributed by atoms with E-state index < -0.39 is 18.0 Å². The normalized spacial score (nSPS) is 12.0. The van der Waals surface area contributed by atoms with Gasteiger partial charge in [-0.15, -0.1) is 0 Å². The molecule has 0 fully saturated rings. The van der Waals surface area contributed by atoms with Crippen LogP contribution in [0.2, 0.25) is 10.0 Å². The third kappa shape index (κ3) is 3.75. The van der Waals surface area contributed by atoms with Gasteiger partial charge in [0.25, 0.3) is 5.91 Å². The highest BCUT2D eigenvalue weighted by atomic mass is 35.5. The second-order valence-electron chi connectivity index (χ2n) is 5.28. The predicted octanol–water partition coefficient (Wildman–Crippen LogP) is 4.05. The molecule has 0 aliphatic carbocycles. The summed E-state index contributed by atoms with van der Waals surface area (Å²) in [5.41, 5.74) is 1.21. The third-order valence-electron chi connectivity index (χ3n) is 3.51. The van der Waals surface area contributed by atoms with Gasteiger partial charge in [0.2, 0.25) is 0 Å². The van der Waals surface area contributed by atoms with Crippen molar-refractivity contribution in [2.45, 2.75) is 13.0 Å². The minimum atomic E-state index is -1.03. The van der Waals surface area contributed by atoms with Crippen LogP contribution < -0.4 is 5.32 Å². The van der Waals surface area contributed by atoms with Gasteiger partial charge in [-0.05, 0) is 31.2 Å². The van der Waals surface area contributed by atoms with E-state index in [0.717, 1.165) is 0 Å². The number of anilines is 1. The minimum Gasteiger partial charge on any atom is -0.448 e. The summed E-state index contributed by atoms with van der Waals surface area (Å²) in [5, 5.41) is 10.6.